The first-order valence-corrected chi connectivity index (χ1v) is 11.6. The van der Waals surface area contributed by atoms with Gasteiger partial charge in [0.15, 0.2) is 0 Å². The Kier molecular flexibility index (Phi) is 5.03. The van der Waals surface area contributed by atoms with Crippen LogP contribution in [0.25, 0.3) is 10.9 Å². The number of halogens is 1. The van der Waals surface area contributed by atoms with E-state index < -0.39 is 0 Å². The van der Waals surface area contributed by atoms with Crippen LogP contribution in [0.3, 0.4) is 0 Å². The summed E-state index contributed by atoms with van der Waals surface area (Å²) in [6.07, 6.45) is 5.41. The van der Waals surface area contributed by atoms with Crippen LogP contribution < -0.4 is 4.74 Å². The van der Waals surface area contributed by atoms with Crippen molar-refractivity contribution in [2.75, 3.05) is 26.7 Å². The van der Waals surface area contributed by atoms with E-state index in [1.54, 1.807) is 7.11 Å². The van der Waals surface area contributed by atoms with Crippen molar-refractivity contribution in [1.29, 1.82) is 0 Å². The number of para-hydroxylation sites is 1. The van der Waals surface area contributed by atoms with Crippen molar-refractivity contribution in [3.8, 4) is 5.75 Å². The fraction of sp³-hybridized carbons (Fsp3) is 0.385. The number of hydrogen-bond donors (Lipinski definition) is 0. The van der Waals surface area contributed by atoms with Gasteiger partial charge in [0, 0.05) is 41.1 Å². The summed E-state index contributed by atoms with van der Waals surface area (Å²) in [4.78, 5) is 2.57. The smallest absolute Gasteiger partial charge is 0.119 e. The molecule has 2 heterocycles. The van der Waals surface area contributed by atoms with E-state index in [1.165, 1.54) is 38.6 Å². The highest BCUT2D eigenvalue weighted by atomic mass is 79.9. The van der Waals surface area contributed by atoms with Crippen molar-refractivity contribution in [3.63, 3.8) is 0 Å². The Morgan fingerprint density at radius 2 is 2.10 bits per heavy atom. The average Bonchev–Trinajstić information content (AvgIpc) is 3.04. The number of benzene rings is 2. The van der Waals surface area contributed by atoms with Gasteiger partial charge in [0.1, 0.15) is 5.75 Å². The predicted molar refractivity (Wildman–Crippen MR) is 127 cm³/mol. The number of ether oxygens (including phenoxy) is 1. The van der Waals surface area contributed by atoms with Crippen LogP contribution in [0.15, 0.2) is 59.6 Å². The number of piperidine rings is 1. The molecule has 0 spiro atoms. The second-order valence-corrected chi connectivity index (χ2v) is 9.74. The number of nitrogens with zero attached hydrogens (tertiary/aromatic N) is 2. The standard InChI is InChI=1S/C26H29BrN2O/c1-4-12-29-13-11-26(18-7-5-8-20(14-18)30-3)16-24-22(15-19(26)17-29)21-9-6-10-23(27)25(21)28(24)2/h4-10,14,19H,1,11-13,15-17H2,2-3H3. The number of aryl methyl sites for hydroxylation is 1. The maximum absolute atomic E-state index is 5.60. The summed E-state index contributed by atoms with van der Waals surface area (Å²) in [6.45, 7) is 7.18. The minimum Gasteiger partial charge on any atom is -0.497 e. The Bertz CT molecular complexity index is 1120. The number of hydrogen-bond acceptors (Lipinski definition) is 2. The van der Waals surface area contributed by atoms with Crippen LogP contribution in [0.1, 0.15) is 23.2 Å². The van der Waals surface area contributed by atoms with Gasteiger partial charge in [-0.25, -0.2) is 0 Å². The van der Waals surface area contributed by atoms with Crippen molar-refractivity contribution < 1.29 is 4.74 Å². The maximum Gasteiger partial charge on any atom is 0.119 e. The molecule has 2 aliphatic rings. The minimum atomic E-state index is 0.147. The Morgan fingerprint density at radius 3 is 2.90 bits per heavy atom. The molecule has 4 heteroatoms. The molecule has 0 N–H and O–H groups in total. The van der Waals surface area contributed by atoms with Gasteiger partial charge < -0.3 is 9.30 Å². The van der Waals surface area contributed by atoms with E-state index in [-0.39, 0.29) is 5.41 Å². The van der Waals surface area contributed by atoms with E-state index in [0.29, 0.717) is 5.92 Å². The van der Waals surface area contributed by atoms with E-state index >= 15 is 0 Å². The summed E-state index contributed by atoms with van der Waals surface area (Å²) in [7, 11) is 4.00. The Morgan fingerprint density at radius 1 is 1.27 bits per heavy atom. The van der Waals surface area contributed by atoms with Gasteiger partial charge >= 0.3 is 0 Å². The molecule has 2 atom stereocenters. The van der Waals surface area contributed by atoms with Crippen molar-refractivity contribution in [2.45, 2.75) is 24.7 Å². The van der Waals surface area contributed by atoms with Crippen LogP contribution in [-0.2, 0) is 25.3 Å². The van der Waals surface area contributed by atoms with Crippen molar-refractivity contribution in [3.05, 3.63) is 76.4 Å². The van der Waals surface area contributed by atoms with Crippen LogP contribution >= 0.6 is 15.9 Å². The van der Waals surface area contributed by atoms with E-state index in [0.717, 1.165) is 38.2 Å². The zero-order chi connectivity index (χ0) is 20.9. The van der Waals surface area contributed by atoms with Crippen molar-refractivity contribution in [2.24, 2.45) is 13.0 Å². The van der Waals surface area contributed by atoms with Crippen LogP contribution in [0.5, 0.6) is 5.75 Å². The molecule has 2 aromatic carbocycles. The van der Waals surface area contributed by atoms with E-state index in [9.17, 15) is 0 Å². The van der Waals surface area contributed by atoms with Crippen LogP contribution in [0.2, 0.25) is 0 Å². The van der Waals surface area contributed by atoms with Gasteiger partial charge in [0.25, 0.3) is 0 Å². The SMILES string of the molecule is C=CCN1CCC2(c3cccc(OC)c3)Cc3c(c4cccc(Br)c4n3C)CC2C1. The molecule has 0 radical (unpaired) electrons. The third kappa shape index (κ3) is 2.96. The highest BCUT2D eigenvalue weighted by Gasteiger charge is 2.48. The first-order chi connectivity index (χ1) is 14.6. The third-order valence-electron chi connectivity index (χ3n) is 7.50. The molecule has 2 unspecified atom stereocenters. The lowest BCUT2D eigenvalue weighted by molar-refractivity contribution is 0.0888. The largest absolute Gasteiger partial charge is 0.497 e. The molecule has 156 valence electrons. The molecule has 1 saturated heterocycles. The minimum absolute atomic E-state index is 0.147. The summed E-state index contributed by atoms with van der Waals surface area (Å²) >= 11 is 3.80. The molecular formula is C26H29BrN2O. The number of aromatic nitrogens is 1. The molecule has 0 amide bonds. The lowest BCUT2D eigenvalue weighted by atomic mass is 9.58. The summed E-state index contributed by atoms with van der Waals surface area (Å²) in [5.41, 5.74) is 5.93. The topological polar surface area (TPSA) is 17.4 Å². The summed E-state index contributed by atoms with van der Waals surface area (Å²) in [6, 6.07) is 15.4. The van der Waals surface area contributed by atoms with Gasteiger partial charge in [-0.2, -0.15) is 0 Å². The van der Waals surface area contributed by atoms with Crippen LogP contribution in [0, 0.1) is 5.92 Å². The molecule has 1 aliphatic carbocycles. The van der Waals surface area contributed by atoms with Gasteiger partial charge in [0.2, 0.25) is 0 Å². The second kappa shape index (κ2) is 7.58. The molecule has 0 bridgehead atoms. The molecule has 0 saturated carbocycles. The molecule has 30 heavy (non-hydrogen) atoms. The average molecular weight is 465 g/mol. The normalized spacial score (nSPS) is 23.8. The van der Waals surface area contributed by atoms with E-state index in [2.05, 4.69) is 81.5 Å². The molecular weight excluding hydrogens is 436 g/mol. The van der Waals surface area contributed by atoms with Crippen molar-refractivity contribution >= 4 is 26.8 Å². The molecule has 3 nitrogen and oxygen atoms in total. The maximum atomic E-state index is 5.60. The van der Waals surface area contributed by atoms with Gasteiger partial charge in [-0.3, -0.25) is 4.90 Å². The Hall–Kier alpha value is -2.04. The first kappa shape index (κ1) is 19.9. The van der Waals surface area contributed by atoms with Gasteiger partial charge in [0.05, 0.1) is 12.6 Å². The van der Waals surface area contributed by atoms with E-state index in [4.69, 9.17) is 4.74 Å². The van der Waals surface area contributed by atoms with E-state index in [1.807, 2.05) is 6.08 Å². The Labute approximate surface area is 187 Å². The lowest BCUT2D eigenvalue weighted by Crippen LogP contribution is -2.53. The first-order valence-electron chi connectivity index (χ1n) is 10.8. The molecule has 1 fully saturated rings. The summed E-state index contributed by atoms with van der Waals surface area (Å²) < 4.78 is 9.22. The number of rotatable bonds is 4. The lowest BCUT2D eigenvalue weighted by Gasteiger charge is -2.51. The van der Waals surface area contributed by atoms with Crippen LogP contribution in [-0.4, -0.2) is 36.2 Å². The fourth-order valence-electron chi connectivity index (χ4n) is 5.99. The van der Waals surface area contributed by atoms with Gasteiger partial charge in [-0.15, -0.1) is 6.58 Å². The Balaban J connectivity index is 1.68. The van der Waals surface area contributed by atoms with Gasteiger partial charge in [-0.1, -0.05) is 30.3 Å². The highest BCUT2D eigenvalue weighted by molar-refractivity contribution is 9.10. The number of fused-ring (bicyclic) bond motifs is 4. The van der Waals surface area contributed by atoms with Gasteiger partial charge in [-0.05, 0) is 77.0 Å². The summed E-state index contributed by atoms with van der Waals surface area (Å²) in [5.74, 6) is 1.54. The second-order valence-electron chi connectivity index (χ2n) is 8.88. The quantitative estimate of drug-likeness (QED) is 0.474. The third-order valence-corrected chi connectivity index (χ3v) is 8.14. The molecule has 5 rings (SSSR count). The fourth-order valence-corrected chi connectivity index (χ4v) is 6.62. The summed E-state index contributed by atoms with van der Waals surface area (Å²) in [5, 5.41) is 1.40. The van der Waals surface area contributed by atoms with Crippen LogP contribution in [0.4, 0.5) is 0 Å². The number of likely N-dealkylation sites (tertiary alicyclic amines) is 1. The monoisotopic (exact) mass is 464 g/mol. The highest BCUT2D eigenvalue weighted by Crippen LogP contribution is 2.50. The van der Waals surface area contributed by atoms with Crippen molar-refractivity contribution in [1.82, 2.24) is 9.47 Å². The molecule has 1 aliphatic heterocycles. The molecule has 3 aromatic rings. The predicted octanol–water partition coefficient (Wildman–Crippen LogP) is 5.49. The molecule has 1 aromatic heterocycles. The number of methoxy groups -OCH3 is 1. The zero-order valence-electron chi connectivity index (χ0n) is 17.8. The zero-order valence-corrected chi connectivity index (χ0v) is 19.4.